The van der Waals surface area contributed by atoms with Gasteiger partial charge in [0.15, 0.2) is 0 Å². The van der Waals surface area contributed by atoms with Crippen molar-refractivity contribution < 1.29 is 8.78 Å². The third-order valence-corrected chi connectivity index (χ3v) is 7.18. The summed E-state index contributed by atoms with van der Waals surface area (Å²) >= 11 is 0. The lowest BCUT2D eigenvalue weighted by Gasteiger charge is -2.40. The van der Waals surface area contributed by atoms with E-state index < -0.39 is 0 Å². The summed E-state index contributed by atoms with van der Waals surface area (Å²) in [4.78, 5) is 20.0. The van der Waals surface area contributed by atoms with Gasteiger partial charge in [0.2, 0.25) is 0 Å². The van der Waals surface area contributed by atoms with Crippen molar-refractivity contribution in [2.24, 2.45) is 0 Å². The van der Waals surface area contributed by atoms with Crippen molar-refractivity contribution in [1.82, 2.24) is 19.4 Å². The van der Waals surface area contributed by atoms with E-state index in [4.69, 9.17) is 0 Å². The van der Waals surface area contributed by atoms with Crippen LogP contribution in [-0.4, -0.2) is 52.1 Å². The second-order valence-electron chi connectivity index (χ2n) is 9.54. The summed E-state index contributed by atoms with van der Waals surface area (Å²) in [5, 5.41) is 0. The average Bonchev–Trinajstić information content (AvgIpc) is 3.22. The van der Waals surface area contributed by atoms with Gasteiger partial charge in [-0.3, -0.25) is 9.47 Å². The fourth-order valence-corrected chi connectivity index (χ4v) is 5.26. The predicted molar refractivity (Wildman–Crippen MR) is 139 cm³/mol. The minimum Gasteiger partial charge on any atom is -0.306 e. The molecular weight excluding hydrogens is 458 g/mol. The number of aromatic amines is 1. The fourth-order valence-electron chi connectivity index (χ4n) is 5.26. The Morgan fingerprint density at radius 2 is 1.31 bits per heavy atom. The van der Waals surface area contributed by atoms with E-state index in [0.29, 0.717) is 0 Å². The van der Waals surface area contributed by atoms with E-state index in [1.807, 2.05) is 53.1 Å². The normalized spacial score (nSPS) is 15.2. The summed E-state index contributed by atoms with van der Waals surface area (Å²) in [6.07, 6.45) is 3.13. The molecule has 1 N–H and O–H groups in total. The number of nitrogens with zero attached hydrogens (tertiary/aromatic N) is 3. The van der Waals surface area contributed by atoms with Gasteiger partial charge in [-0.2, -0.15) is 0 Å². The highest BCUT2D eigenvalue weighted by Gasteiger charge is 2.26. The Bertz CT molecular complexity index is 1280. The van der Waals surface area contributed by atoms with Gasteiger partial charge in [-0.1, -0.05) is 42.8 Å². The monoisotopic (exact) mass is 490 g/mol. The first-order valence-corrected chi connectivity index (χ1v) is 12.7. The van der Waals surface area contributed by atoms with Gasteiger partial charge in [0, 0.05) is 32.7 Å². The maximum atomic E-state index is 13.6. The number of fused-ring (bicyclic) bond motifs is 1. The highest BCUT2D eigenvalue weighted by atomic mass is 19.1. The van der Waals surface area contributed by atoms with Gasteiger partial charge in [0.05, 0.1) is 17.1 Å². The molecule has 4 aromatic rings. The molecule has 5 rings (SSSR count). The van der Waals surface area contributed by atoms with E-state index in [1.165, 1.54) is 24.3 Å². The van der Waals surface area contributed by atoms with E-state index in [0.717, 1.165) is 80.7 Å². The number of nitrogens with one attached hydrogen (secondary N) is 1. The second-order valence-corrected chi connectivity index (χ2v) is 9.54. The molecule has 1 aliphatic rings. The molecule has 0 bridgehead atoms. The Kier molecular flexibility index (Phi) is 7.58. The Morgan fingerprint density at radius 3 is 1.94 bits per heavy atom. The summed E-state index contributed by atoms with van der Waals surface area (Å²) in [7, 11) is 0. The number of rotatable bonds is 9. The van der Waals surface area contributed by atoms with Crippen molar-refractivity contribution in [3.05, 3.63) is 106 Å². The first-order chi connectivity index (χ1) is 17.6. The molecule has 0 amide bonds. The highest BCUT2D eigenvalue weighted by Crippen LogP contribution is 2.30. The fraction of sp³-hybridized carbons (Fsp3) is 0.345. The lowest BCUT2D eigenvalue weighted by molar-refractivity contribution is 0.108. The molecule has 0 atom stereocenters. The second kappa shape index (κ2) is 11.2. The first-order valence-electron chi connectivity index (χ1n) is 12.7. The lowest BCUT2D eigenvalue weighted by atomic mass is 9.96. The van der Waals surface area contributed by atoms with Crippen LogP contribution in [0.5, 0.6) is 0 Å². The molecule has 2 heterocycles. The number of aromatic nitrogens is 2. The van der Waals surface area contributed by atoms with Gasteiger partial charge in [-0.25, -0.2) is 13.6 Å². The maximum absolute atomic E-state index is 13.6. The summed E-state index contributed by atoms with van der Waals surface area (Å²) in [6, 6.07) is 21.1. The third-order valence-electron chi connectivity index (χ3n) is 7.18. The number of hydrogen-bond acceptors (Lipinski definition) is 3. The quantitative estimate of drug-likeness (QED) is 0.329. The number of imidazole rings is 1. The van der Waals surface area contributed by atoms with Crippen LogP contribution < -0.4 is 5.69 Å². The Morgan fingerprint density at radius 1 is 0.722 bits per heavy atom. The van der Waals surface area contributed by atoms with Crippen molar-refractivity contribution >= 4 is 11.0 Å². The van der Waals surface area contributed by atoms with E-state index in [1.54, 1.807) is 0 Å². The molecule has 3 aromatic carbocycles. The molecule has 188 valence electrons. The van der Waals surface area contributed by atoms with Gasteiger partial charge in [0.25, 0.3) is 0 Å². The topological polar surface area (TPSA) is 44.3 Å². The van der Waals surface area contributed by atoms with Gasteiger partial charge < -0.3 is 9.88 Å². The number of piperazine rings is 1. The van der Waals surface area contributed by atoms with Crippen LogP contribution in [0.2, 0.25) is 0 Å². The summed E-state index contributed by atoms with van der Waals surface area (Å²) in [5.41, 5.74) is 3.85. The molecule has 0 radical (unpaired) electrons. The molecule has 0 spiro atoms. The molecule has 1 aromatic heterocycles. The Labute approximate surface area is 210 Å². The van der Waals surface area contributed by atoms with Crippen LogP contribution in [0.15, 0.2) is 77.6 Å². The standard InChI is InChI=1S/C29H32F2N4O/c30-24-12-8-22(9-13-24)28(23-10-14-25(31)15-11-23)34-20-18-33(19-21-34)16-4-1-5-17-35-27-7-3-2-6-26(27)32-29(35)36/h2-3,6-15,28H,1,4-5,16-21H2,(H,32,36). The number of para-hydroxylation sites is 2. The molecule has 1 saturated heterocycles. The molecule has 36 heavy (non-hydrogen) atoms. The number of hydrogen-bond donors (Lipinski definition) is 1. The number of benzene rings is 3. The molecule has 0 aliphatic carbocycles. The highest BCUT2D eigenvalue weighted by molar-refractivity contribution is 5.74. The third kappa shape index (κ3) is 5.58. The average molecular weight is 491 g/mol. The lowest BCUT2D eigenvalue weighted by Crippen LogP contribution is -2.48. The summed E-state index contributed by atoms with van der Waals surface area (Å²) in [5.74, 6) is -0.507. The molecule has 1 fully saturated rings. The van der Waals surface area contributed by atoms with Crippen LogP contribution in [0.25, 0.3) is 11.0 Å². The molecule has 7 heteroatoms. The van der Waals surface area contributed by atoms with Crippen molar-refractivity contribution in [2.75, 3.05) is 32.7 Å². The van der Waals surface area contributed by atoms with Crippen molar-refractivity contribution in [3.8, 4) is 0 Å². The van der Waals surface area contributed by atoms with Crippen LogP contribution in [0.3, 0.4) is 0 Å². The van der Waals surface area contributed by atoms with Crippen LogP contribution in [0.1, 0.15) is 36.4 Å². The van der Waals surface area contributed by atoms with Crippen LogP contribution in [0, 0.1) is 11.6 Å². The van der Waals surface area contributed by atoms with E-state index in [-0.39, 0.29) is 23.4 Å². The summed E-state index contributed by atoms with van der Waals surface area (Å²) in [6.45, 7) is 5.47. The van der Waals surface area contributed by atoms with Gasteiger partial charge in [-0.05, 0) is 66.9 Å². The van der Waals surface area contributed by atoms with Crippen LogP contribution >= 0.6 is 0 Å². The van der Waals surface area contributed by atoms with E-state index in [2.05, 4.69) is 14.8 Å². The zero-order valence-electron chi connectivity index (χ0n) is 20.4. The molecule has 0 unspecified atom stereocenters. The molecular formula is C29H32F2N4O. The zero-order valence-corrected chi connectivity index (χ0v) is 20.4. The van der Waals surface area contributed by atoms with Crippen molar-refractivity contribution in [3.63, 3.8) is 0 Å². The van der Waals surface area contributed by atoms with Crippen molar-refractivity contribution in [1.29, 1.82) is 0 Å². The van der Waals surface area contributed by atoms with Crippen LogP contribution in [-0.2, 0) is 6.54 Å². The number of unbranched alkanes of at least 4 members (excludes halogenated alkanes) is 2. The zero-order chi connectivity index (χ0) is 24.9. The van der Waals surface area contributed by atoms with Gasteiger partial charge >= 0.3 is 5.69 Å². The van der Waals surface area contributed by atoms with Gasteiger partial charge in [-0.15, -0.1) is 0 Å². The van der Waals surface area contributed by atoms with E-state index >= 15 is 0 Å². The van der Waals surface area contributed by atoms with Crippen molar-refractivity contribution in [2.45, 2.75) is 31.8 Å². The molecule has 5 nitrogen and oxygen atoms in total. The Hall–Kier alpha value is -3.29. The Balaban J connectivity index is 1.13. The molecule has 0 saturated carbocycles. The SMILES string of the molecule is O=c1[nH]c2ccccc2n1CCCCCN1CCN(C(c2ccc(F)cc2)c2ccc(F)cc2)CC1. The first kappa shape index (κ1) is 24.4. The number of aryl methyl sites for hydroxylation is 1. The predicted octanol–water partition coefficient (Wildman–Crippen LogP) is 5.19. The largest absolute Gasteiger partial charge is 0.326 e. The maximum Gasteiger partial charge on any atom is 0.326 e. The van der Waals surface area contributed by atoms with Gasteiger partial charge in [0.1, 0.15) is 11.6 Å². The number of halogens is 2. The number of H-pyrrole nitrogens is 1. The van der Waals surface area contributed by atoms with Crippen LogP contribution in [0.4, 0.5) is 8.78 Å². The minimum absolute atomic E-state index is 0.0252. The smallest absolute Gasteiger partial charge is 0.306 e. The summed E-state index contributed by atoms with van der Waals surface area (Å²) < 4.78 is 28.9. The minimum atomic E-state index is -0.254. The van der Waals surface area contributed by atoms with E-state index in [9.17, 15) is 13.6 Å². The molecule has 1 aliphatic heterocycles.